The first-order chi connectivity index (χ1) is 9.76. The number of benzene rings is 1. The molecule has 2 rings (SSSR count). The fourth-order valence-electron chi connectivity index (χ4n) is 2.52. The molecule has 1 aliphatic heterocycles. The molecule has 0 aromatic heterocycles. The molecule has 0 bridgehead atoms. The quantitative estimate of drug-likeness (QED) is 0.804. The van der Waals surface area contributed by atoms with Crippen LogP contribution in [0.4, 0.5) is 0 Å². The zero-order valence-corrected chi connectivity index (χ0v) is 11.4. The summed E-state index contributed by atoms with van der Waals surface area (Å²) < 4.78 is 0. The van der Waals surface area contributed by atoms with E-state index in [9.17, 15) is 4.79 Å². The number of rotatable bonds is 3. The molecule has 4 heteroatoms. The van der Waals surface area contributed by atoms with E-state index in [0.717, 1.165) is 19.4 Å². The Bertz CT molecular complexity index is 530. The largest absolute Gasteiger partial charge is 0.396 e. The zero-order valence-electron chi connectivity index (χ0n) is 11.4. The summed E-state index contributed by atoms with van der Waals surface area (Å²) in [6.45, 7) is 1.38. The molecule has 1 aromatic carbocycles. The fraction of sp³-hybridized carbons (Fsp3) is 0.438. The van der Waals surface area contributed by atoms with Crippen LogP contribution >= 0.6 is 0 Å². The molecule has 1 fully saturated rings. The maximum absolute atomic E-state index is 12.5. The number of likely N-dealkylation sites (tertiary alicyclic amines) is 1. The molecule has 106 valence electrons. The average molecular weight is 273 g/mol. The van der Waals surface area contributed by atoms with Gasteiger partial charge in [0.05, 0.1) is 5.56 Å². The molecule has 1 atom stereocenters. The second-order valence-corrected chi connectivity index (χ2v) is 4.92. The molecule has 1 unspecified atom stereocenters. The number of carbonyl (C=O) groups excluding carboxylic acids is 1. The summed E-state index contributed by atoms with van der Waals surface area (Å²) in [5.41, 5.74) is 1.23. The van der Waals surface area contributed by atoms with Crippen molar-refractivity contribution in [2.75, 3.05) is 26.3 Å². The van der Waals surface area contributed by atoms with Gasteiger partial charge in [-0.05, 0) is 30.9 Å². The Morgan fingerprint density at radius 2 is 2.15 bits per heavy atom. The fourth-order valence-corrected chi connectivity index (χ4v) is 2.52. The highest BCUT2D eigenvalue weighted by molar-refractivity contribution is 5.96. The van der Waals surface area contributed by atoms with E-state index in [0.29, 0.717) is 23.6 Å². The summed E-state index contributed by atoms with van der Waals surface area (Å²) in [6.07, 6.45) is 1.69. The zero-order chi connectivity index (χ0) is 14.4. The molecule has 0 saturated carbocycles. The number of amides is 1. The van der Waals surface area contributed by atoms with Crippen molar-refractivity contribution in [1.29, 1.82) is 0 Å². The predicted molar refractivity (Wildman–Crippen MR) is 76.1 cm³/mol. The lowest BCUT2D eigenvalue weighted by Gasteiger charge is -2.17. The van der Waals surface area contributed by atoms with Gasteiger partial charge in [-0.3, -0.25) is 4.79 Å². The minimum Gasteiger partial charge on any atom is -0.396 e. The lowest BCUT2D eigenvalue weighted by Crippen LogP contribution is -2.29. The number of carbonyl (C=O) groups is 1. The number of hydrogen-bond acceptors (Lipinski definition) is 3. The molecule has 1 amide bonds. The third-order valence-corrected chi connectivity index (χ3v) is 3.57. The molecular weight excluding hydrogens is 254 g/mol. The Labute approximate surface area is 119 Å². The minimum atomic E-state index is -0.217. The number of hydrogen-bond donors (Lipinski definition) is 2. The van der Waals surface area contributed by atoms with Crippen molar-refractivity contribution >= 4 is 5.91 Å². The number of nitrogens with zero attached hydrogens (tertiary/aromatic N) is 1. The van der Waals surface area contributed by atoms with Gasteiger partial charge < -0.3 is 15.1 Å². The van der Waals surface area contributed by atoms with E-state index < -0.39 is 0 Å². The van der Waals surface area contributed by atoms with Crippen LogP contribution in [-0.2, 0) is 0 Å². The first-order valence-electron chi connectivity index (χ1n) is 6.85. The molecule has 4 nitrogen and oxygen atoms in total. The van der Waals surface area contributed by atoms with Gasteiger partial charge in [-0.1, -0.05) is 24.0 Å². The van der Waals surface area contributed by atoms with E-state index in [2.05, 4.69) is 11.8 Å². The van der Waals surface area contributed by atoms with Crippen LogP contribution in [0, 0.1) is 17.8 Å². The van der Waals surface area contributed by atoms with Crippen molar-refractivity contribution in [1.82, 2.24) is 4.90 Å². The summed E-state index contributed by atoms with van der Waals surface area (Å²) in [5.74, 6) is 5.77. The first-order valence-corrected chi connectivity index (χ1v) is 6.85. The van der Waals surface area contributed by atoms with Gasteiger partial charge in [-0.25, -0.2) is 0 Å². The standard InChI is InChI=1S/C16H19NO3/c18-10-3-5-14-4-1-2-6-15(14)16(20)17-9-7-13(12-17)8-11-19/h1-2,4,6,13,18-19H,7-12H2. The third kappa shape index (κ3) is 3.38. The van der Waals surface area contributed by atoms with Crippen LogP contribution in [0.1, 0.15) is 28.8 Å². The smallest absolute Gasteiger partial charge is 0.255 e. The van der Waals surface area contributed by atoms with Crippen LogP contribution in [0.2, 0.25) is 0 Å². The van der Waals surface area contributed by atoms with E-state index in [1.165, 1.54) is 0 Å². The summed E-state index contributed by atoms with van der Waals surface area (Å²) in [4.78, 5) is 14.3. The second-order valence-electron chi connectivity index (χ2n) is 4.92. The van der Waals surface area contributed by atoms with Gasteiger partial charge in [0, 0.05) is 25.3 Å². The summed E-state index contributed by atoms with van der Waals surface area (Å²) in [7, 11) is 0. The van der Waals surface area contributed by atoms with E-state index >= 15 is 0 Å². The van der Waals surface area contributed by atoms with Crippen molar-refractivity contribution in [2.45, 2.75) is 12.8 Å². The predicted octanol–water partition coefficient (Wildman–Crippen LogP) is 0.875. The van der Waals surface area contributed by atoms with Gasteiger partial charge in [-0.15, -0.1) is 0 Å². The molecular formula is C16H19NO3. The first kappa shape index (κ1) is 14.6. The minimum absolute atomic E-state index is 0.0201. The summed E-state index contributed by atoms with van der Waals surface area (Å²) >= 11 is 0. The molecule has 0 spiro atoms. The summed E-state index contributed by atoms with van der Waals surface area (Å²) in [5, 5.41) is 17.7. The van der Waals surface area contributed by atoms with E-state index in [4.69, 9.17) is 10.2 Å². The molecule has 0 aliphatic carbocycles. The van der Waals surface area contributed by atoms with Gasteiger partial charge >= 0.3 is 0 Å². The Kier molecular flexibility index (Phi) is 5.16. The third-order valence-electron chi connectivity index (χ3n) is 3.57. The lowest BCUT2D eigenvalue weighted by atomic mass is 10.1. The summed E-state index contributed by atoms with van der Waals surface area (Å²) in [6, 6.07) is 7.20. The Morgan fingerprint density at radius 1 is 1.35 bits per heavy atom. The van der Waals surface area contributed by atoms with Crippen molar-refractivity contribution < 1.29 is 15.0 Å². The van der Waals surface area contributed by atoms with Gasteiger partial charge in [-0.2, -0.15) is 0 Å². The average Bonchev–Trinajstić information content (AvgIpc) is 2.94. The maximum atomic E-state index is 12.5. The normalized spacial score (nSPS) is 17.7. The molecule has 1 aliphatic rings. The van der Waals surface area contributed by atoms with Crippen LogP contribution in [0.15, 0.2) is 24.3 Å². The molecule has 20 heavy (non-hydrogen) atoms. The lowest BCUT2D eigenvalue weighted by molar-refractivity contribution is 0.0784. The van der Waals surface area contributed by atoms with Crippen LogP contribution in [-0.4, -0.2) is 47.3 Å². The second kappa shape index (κ2) is 7.09. The molecule has 0 radical (unpaired) electrons. The number of aliphatic hydroxyl groups excluding tert-OH is 2. The van der Waals surface area contributed by atoms with Crippen LogP contribution in [0.5, 0.6) is 0 Å². The van der Waals surface area contributed by atoms with E-state index in [1.807, 2.05) is 17.0 Å². The number of aliphatic hydroxyl groups is 2. The van der Waals surface area contributed by atoms with Gasteiger partial charge in [0.1, 0.15) is 6.61 Å². The Balaban J connectivity index is 2.14. The van der Waals surface area contributed by atoms with Gasteiger partial charge in [0.25, 0.3) is 5.91 Å². The molecule has 1 saturated heterocycles. The Morgan fingerprint density at radius 3 is 2.90 bits per heavy atom. The van der Waals surface area contributed by atoms with Crippen LogP contribution in [0.3, 0.4) is 0 Å². The SMILES string of the molecule is O=C(c1ccccc1C#CCO)N1CCC(CCO)C1. The topological polar surface area (TPSA) is 60.8 Å². The highest BCUT2D eigenvalue weighted by Gasteiger charge is 2.27. The maximum Gasteiger partial charge on any atom is 0.255 e. The molecule has 2 N–H and O–H groups in total. The van der Waals surface area contributed by atoms with Crippen LogP contribution < -0.4 is 0 Å². The highest BCUT2D eigenvalue weighted by Crippen LogP contribution is 2.22. The molecule has 1 heterocycles. The van der Waals surface area contributed by atoms with Crippen molar-refractivity contribution in [3.63, 3.8) is 0 Å². The highest BCUT2D eigenvalue weighted by atomic mass is 16.3. The van der Waals surface area contributed by atoms with Gasteiger partial charge in [0.15, 0.2) is 0 Å². The van der Waals surface area contributed by atoms with E-state index in [-0.39, 0.29) is 19.1 Å². The van der Waals surface area contributed by atoms with Crippen LogP contribution in [0.25, 0.3) is 0 Å². The van der Waals surface area contributed by atoms with Crippen molar-refractivity contribution in [3.8, 4) is 11.8 Å². The van der Waals surface area contributed by atoms with E-state index in [1.54, 1.807) is 12.1 Å². The van der Waals surface area contributed by atoms with Gasteiger partial charge in [0.2, 0.25) is 0 Å². The molecule has 1 aromatic rings. The van der Waals surface area contributed by atoms with Crippen molar-refractivity contribution in [2.24, 2.45) is 5.92 Å². The Hall–Kier alpha value is -1.83. The van der Waals surface area contributed by atoms with Crippen molar-refractivity contribution in [3.05, 3.63) is 35.4 Å². The monoisotopic (exact) mass is 273 g/mol.